The fourth-order valence-corrected chi connectivity index (χ4v) is 3.99. The van der Waals surface area contributed by atoms with Crippen LogP contribution in [0.5, 0.6) is 5.75 Å². The van der Waals surface area contributed by atoms with Gasteiger partial charge >= 0.3 is 0 Å². The van der Waals surface area contributed by atoms with Crippen LogP contribution in [0, 0.1) is 10.1 Å². The summed E-state index contributed by atoms with van der Waals surface area (Å²) in [7, 11) is 1.37. The molecular weight excluding hydrogens is 412 g/mol. The standard InChI is InChI=1S/C23H28N4O5/c1-15(17-7-5-4-6-8-17)26-11-9-18(10-12-26)25-23(29)19-13-21(27(30)31)20(24-16(2)28)14-22(19)32-3/h4-8,13-15,18H,9-12H2,1-3H3,(H,24,28)(H,25,29). The van der Waals surface area contributed by atoms with Gasteiger partial charge in [0.1, 0.15) is 11.4 Å². The summed E-state index contributed by atoms with van der Waals surface area (Å²) >= 11 is 0. The number of ether oxygens (including phenoxy) is 1. The van der Waals surface area contributed by atoms with E-state index in [1.807, 2.05) is 18.2 Å². The molecule has 0 bridgehead atoms. The number of methoxy groups -OCH3 is 1. The Morgan fingerprint density at radius 3 is 2.41 bits per heavy atom. The van der Waals surface area contributed by atoms with Gasteiger partial charge in [-0.1, -0.05) is 30.3 Å². The first-order valence-electron chi connectivity index (χ1n) is 10.5. The topological polar surface area (TPSA) is 114 Å². The van der Waals surface area contributed by atoms with Crippen molar-refractivity contribution in [3.63, 3.8) is 0 Å². The maximum Gasteiger partial charge on any atom is 0.293 e. The van der Waals surface area contributed by atoms with Crippen LogP contribution in [0.2, 0.25) is 0 Å². The van der Waals surface area contributed by atoms with E-state index < -0.39 is 16.7 Å². The summed E-state index contributed by atoms with van der Waals surface area (Å²) < 4.78 is 5.27. The fraction of sp³-hybridized carbons (Fsp3) is 0.391. The number of benzene rings is 2. The third-order valence-electron chi connectivity index (χ3n) is 5.76. The minimum Gasteiger partial charge on any atom is -0.496 e. The molecule has 170 valence electrons. The molecule has 1 heterocycles. The molecule has 0 radical (unpaired) electrons. The monoisotopic (exact) mass is 440 g/mol. The van der Waals surface area contributed by atoms with Gasteiger partial charge in [-0.2, -0.15) is 0 Å². The molecule has 2 amide bonds. The molecule has 2 N–H and O–H groups in total. The molecule has 1 fully saturated rings. The van der Waals surface area contributed by atoms with Crippen molar-refractivity contribution in [2.45, 2.75) is 38.8 Å². The molecule has 32 heavy (non-hydrogen) atoms. The number of carbonyl (C=O) groups is 2. The molecule has 0 spiro atoms. The summed E-state index contributed by atoms with van der Waals surface area (Å²) in [6, 6.07) is 13.0. The first-order valence-corrected chi connectivity index (χ1v) is 10.5. The van der Waals surface area contributed by atoms with Crippen molar-refractivity contribution in [1.82, 2.24) is 10.2 Å². The van der Waals surface area contributed by atoms with Crippen molar-refractivity contribution in [3.8, 4) is 5.75 Å². The Kier molecular flexibility index (Phi) is 7.42. The SMILES string of the molecule is COc1cc(NC(C)=O)c([N+](=O)[O-])cc1C(=O)NC1CCN(C(C)c2ccccc2)CC1. The van der Waals surface area contributed by atoms with E-state index in [9.17, 15) is 19.7 Å². The van der Waals surface area contributed by atoms with Crippen LogP contribution in [-0.2, 0) is 4.79 Å². The van der Waals surface area contributed by atoms with Crippen LogP contribution in [0.1, 0.15) is 48.7 Å². The minimum absolute atomic E-state index is 0.0147. The molecule has 9 heteroatoms. The zero-order valence-electron chi connectivity index (χ0n) is 18.5. The molecule has 1 saturated heterocycles. The summed E-state index contributed by atoms with van der Waals surface area (Å²) in [6.07, 6.45) is 1.55. The largest absolute Gasteiger partial charge is 0.496 e. The number of piperidine rings is 1. The molecule has 1 aliphatic rings. The fourth-order valence-electron chi connectivity index (χ4n) is 3.99. The number of hydrogen-bond donors (Lipinski definition) is 2. The molecule has 2 aromatic carbocycles. The Morgan fingerprint density at radius 2 is 1.84 bits per heavy atom. The zero-order chi connectivity index (χ0) is 23.3. The number of anilines is 1. The first-order chi connectivity index (χ1) is 15.3. The van der Waals surface area contributed by atoms with Crippen LogP contribution in [0.25, 0.3) is 0 Å². The van der Waals surface area contributed by atoms with E-state index in [1.54, 1.807) is 0 Å². The second kappa shape index (κ2) is 10.2. The third-order valence-corrected chi connectivity index (χ3v) is 5.76. The van der Waals surface area contributed by atoms with Gasteiger partial charge in [-0.25, -0.2) is 0 Å². The Hall–Kier alpha value is -3.46. The van der Waals surface area contributed by atoms with Gasteiger partial charge in [0, 0.05) is 44.2 Å². The molecule has 0 aliphatic carbocycles. The second-order valence-electron chi connectivity index (χ2n) is 7.88. The van der Waals surface area contributed by atoms with Crippen LogP contribution >= 0.6 is 0 Å². The number of rotatable bonds is 7. The lowest BCUT2D eigenvalue weighted by atomic mass is 9.99. The highest BCUT2D eigenvalue weighted by Crippen LogP contribution is 2.33. The van der Waals surface area contributed by atoms with Gasteiger partial charge < -0.3 is 15.4 Å². The maximum absolute atomic E-state index is 12.9. The van der Waals surface area contributed by atoms with Gasteiger partial charge in [-0.15, -0.1) is 0 Å². The molecule has 1 aliphatic heterocycles. The van der Waals surface area contributed by atoms with Crippen LogP contribution in [0.3, 0.4) is 0 Å². The lowest BCUT2D eigenvalue weighted by molar-refractivity contribution is -0.384. The Balaban J connectivity index is 1.69. The third kappa shape index (κ3) is 5.42. The molecule has 9 nitrogen and oxygen atoms in total. The summed E-state index contributed by atoms with van der Waals surface area (Å²) in [5.41, 5.74) is 0.941. The smallest absolute Gasteiger partial charge is 0.293 e. The molecule has 3 rings (SSSR count). The summed E-state index contributed by atoms with van der Waals surface area (Å²) in [6.45, 7) is 5.09. The highest BCUT2D eigenvalue weighted by molar-refractivity contribution is 6.00. The van der Waals surface area contributed by atoms with E-state index in [0.717, 1.165) is 32.0 Å². The number of carbonyl (C=O) groups excluding carboxylic acids is 2. The van der Waals surface area contributed by atoms with Crippen molar-refractivity contribution < 1.29 is 19.2 Å². The predicted octanol–water partition coefficient (Wildman–Crippen LogP) is 3.52. The number of nitrogens with one attached hydrogen (secondary N) is 2. The second-order valence-corrected chi connectivity index (χ2v) is 7.88. The Morgan fingerprint density at radius 1 is 1.19 bits per heavy atom. The molecule has 0 aromatic heterocycles. The van der Waals surface area contributed by atoms with Crippen molar-refractivity contribution in [2.75, 3.05) is 25.5 Å². The van der Waals surface area contributed by atoms with Gasteiger partial charge in [-0.05, 0) is 25.3 Å². The van der Waals surface area contributed by atoms with Gasteiger partial charge in [0.05, 0.1) is 17.6 Å². The Labute approximate surface area is 186 Å². The van der Waals surface area contributed by atoms with Gasteiger partial charge in [0.25, 0.3) is 11.6 Å². The highest BCUT2D eigenvalue weighted by Gasteiger charge is 2.27. The quantitative estimate of drug-likeness (QED) is 0.503. The van der Waals surface area contributed by atoms with Crippen molar-refractivity contribution in [2.24, 2.45) is 0 Å². The van der Waals surface area contributed by atoms with Crippen LogP contribution in [0.15, 0.2) is 42.5 Å². The number of amides is 2. The summed E-state index contributed by atoms with van der Waals surface area (Å²) in [4.78, 5) is 37.5. The lowest BCUT2D eigenvalue weighted by Crippen LogP contribution is -2.45. The minimum atomic E-state index is -0.634. The average Bonchev–Trinajstić information content (AvgIpc) is 2.78. The number of nitro groups is 1. The van der Waals surface area contributed by atoms with Crippen molar-refractivity contribution >= 4 is 23.2 Å². The molecule has 2 aromatic rings. The lowest BCUT2D eigenvalue weighted by Gasteiger charge is -2.36. The van der Waals surface area contributed by atoms with Gasteiger partial charge in [0.2, 0.25) is 5.91 Å². The normalized spacial score (nSPS) is 15.6. The molecular formula is C23H28N4O5. The predicted molar refractivity (Wildman–Crippen MR) is 121 cm³/mol. The summed E-state index contributed by atoms with van der Waals surface area (Å²) in [5, 5.41) is 16.8. The van der Waals surface area contributed by atoms with Crippen molar-refractivity contribution in [1.29, 1.82) is 0 Å². The van der Waals surface area contributed by atoms with Crippen LogP contribution in [-0.4, -0.2) is 47.9 Å². The van der Waals surface area contributed by atoms with Crippen LogP contribution in [0.4, 0.5) is 11.4 Å². The highest BCUT2D eigenvalue weighted by atomic mass is 16.6. The van der Waals surface area contributed by atoms with E-state index in [4.69, 9.17) is 4.74 Å². The molecule has 0 saturated carbocycles. The summed E-state index contributed by atoms with van der Waals surface area (Å²) in [5.74, 6) is -0.732. The Bertz CT molecular complexity index is 987. The van der Waals surface area contributed by atoms with E-state index in [0.29, 0.717) is 0 Å². The number of nitro benzene ring substituents is 1. The van der Waals surface area contributed by atoms with Gasteiger partial charge in [0.15, 0.2) is 0 Å². The van der Waals surface area contributed by atoms with E-state index >= 15 is 0 Å². The maximum atomic E-state index is 12.9. The average molecular weight is 441 g/mol. The number of nitrogens with zero attached hydrogens (tertiary/aromatic N) is 2. The van der Waals surface area contributed by atoms with Crippen molar-refractivity contribution in [3.05, 3.63) is 63.7 Å². The van der Waals surface area contributed by atoms with E-state index in [2.05, 4.69) is 34.6 Å². The molecule has 1 unspecified atom stereocenters. The number of likely N-dealkylation sites (tertiary alicyclic amines) is 1. The molecule has 1 atom stereocenters. The first kappa shape index (κ1) is 23.2. The van der Waals surface area contributed by atoms with Crippen LogP contribution < -0.4 is 15.4 Å². The van der Waals surface area contributed by atoms with Gasteiger partial charge in [-0.3, -0.25) is 24.6 Å². The van der Waals surface area contributed by atoms with E-state index in [-0.39, 0.29) is 34.8 Å². The van der Waals surface area contributed by atoms with E-state index in [1.165, 1.54) is 25.7 Å². The number of hydrogen-bond acceptors (Lipinski definition) is 6. The zero-order valence-corrected chi connectivity index (χ0v) is 18.5.